The second-order valence-corrected chi connectivity index (χ2v) is 5.04. The molecule has 1 heterocycles. The van der Waals surface area contributed by atoms with Crippen molar-refractivity contribution in [2.45, 2.75) is 25.4 Å². The van der Waals surface area contributed by atoms with Gasteiger partial charge in [-0.25, -0.2) is 4.39 Å². The Balaban J connectivity index is 1.90. The highest BCUT2D eigenvalue weighted by molar-refractivity contribution is 6.30. The molecule has 1 aromatic carbocycles. The summed E-state index contributed by atoms with van der Waals surface area (Å²) in [5, 5.41) is 14.1. The van der Waals surface area contributed by atoms with Gasteiger partial charge in [0.25, 0.3) is 0 Å². The number of hydrogen-bond acceptors (Lipinski definition) is 2. The first-order valence-corrected chi connectivity index (χ1v) is 6.52. The van der Waals surface area contributed by atoms with E-state index in [-0.39, 0.29) is 11.4 Å². The number of halogens is 2. The summed E-state index contributed by atoms with van der Waals surface area (Å²) < 4.78 is 15.4. The Kier molecular flexibility index (Phi) is 4.56. The Labute approximate surface area is 116 Å². The maximum Gasteiger partial charge on any atom is 0.145 e. The van der Waals surface area contributed by atoms with E-state index in [4.69, 9.17) is 11.6 Å². The molecule has 1 unspecified atom stereocenters. The van der Waals surface area contributed by atoms with Gasteiger partial charge in [0, 0.05) is 19.7 Å². The molecule has 0 spiro atoms. The quantitative estimate of drug-likeness (QED) is 0.916. The largest absolute Gasteiger partial charge is 0.393 e. The van der Waals surface area contributed by atoms with E-state index in [1.807, 2.05) is 13.2 Å². The fourth-order valence-electron chi connectivity index (χ4n) is 2.00. The Hall–Kier alpha value is -1.39. The minimum absolute atomic E-state index is 0.0944. The van der Waals surface area contributed by atoms with Crippen LogP contribution >= 0.6 is 11.6 Å². The Morgan fingerprint density at radius 3 is 2.95 bits per heavy atom. The first-order chi connectivity index (χ1) is 9.06. The van der Waals surface area contributed by atoms with Crippen LogP contribution in [0.15, 0.2) is 30.6 Å². The van der Waals surface area contributed by atoms with E-state index in [1.165, 1.54) is 6.07 Å². The zero-order chi connectivity index (χ0) is 13.8. The summed E-state index contributed by atoms with van der Waals surface area (Å²) >= 11 is 5.71. The van der Waals surface area contributed by atoms with Crippen LogP contribution in [-0.2, 0) is 19.9 Å². The fraction of sp³-hybridized carbons (Fsp3) is 0.357. The van der Waals surface area contributed by atoms with Crippen LogP contribution in [-0.4, -0.2) is 21.0 Å². The van der Waals surface area contributed by atoms with Crippen LogP contribution < -0.4 is 0 Å². The van der Waals surface area contributed by atoms with Crippen molar-refractivity contribution in [3.05, 3.63) is 52.6 Å². The molecule has 0 fully saturated rings. The van der Waals surface area contributed by atoms with Crippen molar-refractivity contribution in [1.82, 2.24) is 9.78 Å². The minimum Gasteiger partial charge on any atom is -0.393 e. The molecule has 5 heteroatoms. The number of benzene rings is 1. The molecule has 0 amide bonds. The van der Waals surface area contributed by atoms with Crippen LogP contribution in [0.1, 0.15) is 17.5 Å². The third kappa shape index (κ3) is 3.78. The van der Waals surface area contributed by atoms with E-state index in [0.29, 0.717) is 12.0 Å². The van der Waals surface area contributed by atoms with Crippen molar-refractivity contribution in [2.75, 3.05) is 0 Å². The van der Waals surface area contributed by atoms with Gasteiger partial charge >= 0.3 is 0 Å². The van der Waals surface area contributed by atoms with Crippen molar-refractivity contribution in [3.8, 4) is 0 Å². The molecule has 1 N–H and O–H groups in total. The second kappa shape index (κ2) is 6.17. The normalized spacial score (nSPS) is 12.6. The molecular formula is C14H16ClFN2O. The first kappa shape index (κ1) is 14.0. The van der Waals surface area contributed by atoms with E-state index in [0.717, 1.165) is 12.0 Å². The molecule has 0 aliphatic heterocycles. The number of nitrogens with zero attached hydrogens (tertiary/aromatic N) is 2. The van der Waals surface area contributed by atoms with E-state index >= 15 is 0 Å². The lowest BCUT2D eigenvalue weighted by atomic mass is 10.0. The highest BCUT2D eigenvalue weighted by Gasteiger charge is 2.12. The average molecular weight is 283 g/mol. The monoisotopic (exact) mass is 282 g/mol. The number of aromatic nitrogens is 2. The molecule has 19 heavy (non-hydrogen) atoms. The summed E-state index contributed by atoms with van der Waals surface area (Å²) in [6, 6.07) is 4.84. The molecular weight excluding hydrogens is 267 g/mol. The Bertz CT molecular complexity index is 556. The van der Waals surface area contributed by atoms with Crippen molar-refractivity contribution in [2.24, 2.45) is 7.05 Å². The van der Waals surface area contributed by atoms with Crippen LogP contribution in [0.25, 0.3) is 0 Å². The van der Waals surface area contributed by atoms with Gasteiger partial charge in [0.2, 0.25) is 0 Å². The molecule has 0 saturated carbocycles. The summed E-state index contributed by atoms with van der Waals surface area (Å²) in [6.45, 7) is 0. The molecule has 0 aliphatic carbocycles. The maximum absolute atomic E-state index is 13.7. The summed E-state index contributed by atoms with van der Waals surface area (Å²) in [4.78, 5) is 0. The zero-order valence-corrected chi connectivity index (χ0v) is 11.4. The standard InChI is InChI=1S/C14H16ClFN2O/c1-18-9-10(8-17-18)5-6-12(19)7-11-3-2-4-13(15)14(11)16/h2-4,8-9,12,19H,5-7H2,1H3. The Morgan fingerprint density at radius 1 is 1.47 bits per heavy atom. The van der Waals surface area contributed by atoms with Crippen LogP contribution in [0.5, 0.6) is 0 Å². The third-order valence-corrected chi connectivity index (χ3v) is 3.30. The van der Waals surface area contributed by atoms with Crippen molar-refractivity contribution >= 4 is 11.6 Å². The van der Waals surface area contributed by atoms with Crippen molar-refractivity contribution in [1.29, 1.82) is 0 Å². The number of hydrogen-bond donors (Lipinski definition) is 1. The highest BCUT2D eigenvalue weighted by Crippen LogP contribution is 2.20. The van der Waals surface area contributed by atoms with Crippen LogP contribution in [0.2, 0.25) is 5.02 Å². The van der Waals surface area contributed by atoms with E-state index < -0.39 is 11.9 Å². The van der Waals surface area contributed by atoms with Gasteiger partial charge in [-0.05, 0) is 30.0 Å². The van der Waals surface area contributed by atoms with Gasteiger partial charge in [0.1, 0.15) is 5.82 Å². The summed E-state index contributed by atoms with van der Waals surface area (Å²) in [7, 11) is 1.85. The van der Waals surface area contributed by atoms with Crippen LogP contribution in [0, 0.1) is 5.82 Å². The van der Waals surface area contributed by atoms with Gasteiger partial charge in [-0.2, -0.15) is 5.10 Å². The number of aryl methyl sites for hydroxylation is 2. The van der Waals surface area contributed by atoms with Crippen molar-refractivity contribution < 1.29 is 9.50 Å². The molecule has 2 aromatic rings. The number of aliphatic hydroxyl groups is 1. The SMILES string of the molecule is Cn1cc(CCC(O)Cc2cccc(Cl)c2F)cn1. The molecule has 1 aromatic heterocycles. The molecule has 1 atom stereocenters. The van der Waals surface area contributed by atoms with Gasteiger partial charge < -0.3 is 5.11 Å². The lowest BCUT2D eigenvalue weighted by Gasteiger charge is -2.11. The lowest BCUT2D eigenvalue weighted by molar-refractivity contribution is 0.164. The fourth-order valence-corrected chi connectivity index (χ4v) is 2.19. The van der Waals surface area contributed by atoms with Gasteiger partial charge in [-0.15, -0.1) is 0 Å². The van der Waals surface area contributed by atoms with E-state index in [1.54, 1.807) is 23.0 Å². The van der Waals surface area contributed by atoms with Gasteiger partial charge in [0.05, 0.1) is 17.3 Å². The average Bonchev–Trinajstić information content (AvgIpc) is 2.78. The van der Waals surface area contributed by atoms with Gasteiger partial charge in [-0.3, -0.25) is 4.68 Å². The van der Waals surface area contributed by atoms with E-state index in [9.17, 15) is 9.50 Å². The topological polar surface area (TPSA) is 38.0 Å². The van der Waals surface area contributed by atoms with Crippen LogP contribution in [0.3, 0.4) is 0 Å². The van der Waals surface area contributed by atoms with Gasteiger partial charge in [-0.1, -0.05) is 23.7 Å². The van der Waals surface area contributed by atoms with Gasteiger partial charge in [0.15, 0.2) is 0 Å². The van der Waals surface area contributed by atoms with E-state index in [2.05, 4.69) is 5.10 Å². The smallest absolute Gasteiger partial charge is 0.145 e. The predicted molar refractivity (Wildman–Crippen MR) is 72.6 cm³/mol. The third-order valence-electron chi connectivity index (χ3n) is 3.01. The first-order valence-electron chi connectivity index (χ1n) is 6.14. The zero-order valence-electron chi connectivity index (χ0n) is 10.7. The summed E-state index contributed by atoms with van der Waals surface area (Å²) in [6.07, 6.45) is 4.65. The molecule has 2 rings (SSSR count). The van der Waals surface area contributed by atoms with Crippen molar-refractivity contribution in [3.63, 3.8) is 0 Å². The highest BCUT2D eigenvalue weighted by atomic mass is 35.5. The number of rotatable bonds is 5. The minimum atomic E-state index is -0.590. The summed E-state index contributed by atoms with van der Waals surface area (Å²) in [5.41, 5.74) is 1.51. The second-order valence-electron chi connectivity index (χ2n) is 4.63. The molecule has 102 valence electrons. The molecule has 0 saturated heterocycles. The predicted octanol–water partition coefficient (Wildman–Crippen LogP) is 2.75. The maximum atomic E-state index is 13.7. The summed E-state index contributed by atoms with van der Waals surface area (Å²) in [5.74, 6) is -0.440. The molecule has 0 radical (unpaired) electrons. The molecule has 0 bridgehead atoms. The molecule has 3 nitrogen and oxygen atoms in total. The van der Waals surface area contributed by atoms with Crippen LogP contribution in [0.4, 0.5) is 4.39 Å². The molecule has 0 aliphatic rings. The Morgan fingerprint density at radius 2 is 2.26 bits per heavy atom. The lowest BCUT2D eigenvalue weighted by Crippen LogP contribution is -2.12. The number of aliphatic hydroxyl groups excluding tert-OH is 1.